The first-order valence-electron chi connectivity index (χ1n) is 8.97. The van der Waals surface area contributed by atoms with E-state index in [-0.39, 0.29) is 10.7 Å². The van der Waals surface area contributed by atoms with Crippen molar-refractivity contribution < 1.29 is 13.2 Å². The van der Waals surface area contributed by atoms with E-state index in [2.05, 4.69) is 16.8 Å². The van der Waals surface area contributed by atoms with Crippen LogP contribution in [0.1, 0.15) is 54.3 Å². The Hall–Kier alpha value is -1.73. The van der Waals surface area contributed by atoms with Gasteiger partial charge in [0.1, 0.15) is 0 Å². The molecule has 0 radical (unpaired) electrons. The highest BCUT2D eigenvalue weighted by Gasteiger charge is 2.25. The van der Waals surface area contributed by atoms with Crippen LogP contribution in [-0.2, 0) is 9.84 Å². The van der Waals surface area contributed by atoms with E-state index in [0.717, 1.165) is 37.2 Å². The zero-order chi connectivity index (χ0) is 18.7. The topological polar surface area (TPSA) is 67.3 Å². The van der Waals surface area contributed by atoms with Crippen LogP contribution in [0.3, 0.4) is 0 Å². The van der Waals surface area contributed by atoms with Crippen LogP contribution in [0.5, 0.6) is 0 Å². The van der Waals surface area contributed by atoms with E-state index in [9.17, 15) is 13.2 Å². The zero-order valence-corrected chi connectivity index (χ0v) is 16.8. The summed E-state index contributed by atoms with van der Waals surface area (Å²) in [6.45, 7) is 3.17. The van der Waals surface area contributed by atoms with Gasteiger partial charge < -0.3 is 4.90 Å². The van der Waals surface area contributed by atoms with Gasteiger partial charge in [-0.05, 0) is 37.8 Å². The molecule has 140 valence electrons. The predicted octanol–water partition coefficient (Wildman–Crippen LogP) is 3.94. The van der Waals surface area contributed by atoms with Crippen molar-refractivity contribution in [1.82, 2.24) is 4.98 Å². The van der Waals surface area contributed by atoms with Gasteiger partial charge in [0, 0.05) is 24.4 Å². The molecule has 0 N–H and O–H groups in total. The lowest BCUT2D eigenvalue weighted by Crippen LogP contribution is -2.39. The minimum atomic E-state index is -3.34. The molecule has 7 heteroatoms. The smallest absolute Gasteiger partial charge is 0.204 e. The number of hydrogen-bond acceptors (Lipinski definition) is 6. The number of piperidine rings is 1. The van der Waals surface area contributed by atoms with Crippen LogP contribution in [0.25, 0.3) is 0 Å². The number of thiazole rings is 1. The van der Waals surface area contributed by atoms with Crippen molar-refractivity contribution in [1.29, 1.82) is 0 Å². The van der Waals surface area contributed by atoms with Gasteiger partial charge in [0.2, 0.25) is 5.78 Å². The van der Waals surface area contributed by atoms with Gasteiger partial charge in [-0.1, -0.05) is 36.8 Å². The molecule has 1 aromatic carbocycles. The number of benzene rings is 1. The fourth-order valence-corrected chi connectivity index (χ4v) is 5.04. The second kappa shape index (κ2) is 7.88. The number of ketones is 1. The van der Waals surface area contributed by atoms with Crippen molar-refractivity contribution in [3.63, 3.8) is 0 Å². The van der Waals surface area contributed by atoms with Gasteiger partial charge in [-0.25, -0.2) is 13.4 Å². The molecule has 5 nitrogen and oxygen atoms in total. The maximum absolute atomic E-state index is 12.8. The highest BCUT2D eigenvalue weighted by atomic mass is 32.2. The van der Waals surface area contributed by atoms with E-state index in [1.807, 2.05) is 0 Å². The summed E-state index contributed by atoms with van der Waals surface area (Å²) in [6, 6.07) is 6.70. The molecule has 2 heterocycles. The van der Waals surface area contributed by atoms with Crippen LogP contribution < -0.4 is 4.90 Å². The molecule has 1 saturated heterocycles. The van der Waals surface area contributed by atoms with E-state index in [0.29, 0.717) is 16.5 Å². The van der Waals surface area contributed by atoms with E-state index in [1.165, 1.54) is 36.3 Å². The third-order valence-electron chi connectivity index (χ3n) is 4.74. The molecule has 1 unspecified atom stereocenters. The van der Waals surface area contributed by atoms with Gasteiger partial charge in [-0.3, -0.25) is 4.79 Å². The predicted molar refractivity (Wildman–Crippen MR) is 105 cm³/mol. The number of nitrogens with zero attached hydrogens (tertiary/aromatic N) is 2. The molecule has 0 saturated carbocycles. The Morgan fingerprint density at radius 2 is 2.15 bits per heavy atom. The standard InChI is InChI=1S/C19H24N2O3S2/c1-3-7-15-9-4-5-11-21(15)19-20-13-17(25-19)18(22)14-8-6-10-16(12-14)26(2,23)24/h6,8,10,12-13,15H,3-5,7,9,11H2,1-2H3. The highest BCUT2D eigenvalue weighted by Crippen LogP contribution is 2.31. The average Bonchev–Trinajstić information content (AvgIpc) is 3.11. The molecule has 0 amide bonds. The summed E-state index contributed by atoms with van der Waals surface area (Å²) in [5.74, 6) is -0.177. The summed E-state index contributed by atoms with van der Waals surface area (Å²) in [5, 5.41) is 0.894. The van der Waals surface area contributed by atoms with Crippen molar-refractivity contribution in [3.05, 3.63) is 40.9 Å². The number of sulfone groups is 1. The Morgan fingerprint density at radius 1 is 1.35 bits per heavy atom. The molecule has 1 aliphatic heterocycles. The Bertz CT molecular complexity index is 888. The van der Waals surface area contributed by atoms with Crippen LogP contribution in [0.2, 0.25) is 0 Å². The summed E-state index contributed by atoms with van der Waals surface area (Å²) in [7, 11) is -3.34. The van der Waals surface area contributed by atoms with E-state index in [4.69, 9.17) is 0 Å². The molecule has 3 rings (SSSR count). The minimum Gasteiger partial charge on any atom is -0.345 e. The number of rotatable bonds is 6. The third kappa shape index (κ3) is 4.15. The first kappa shape index (κ1) is 19.0. The van der Waals surface area contributed by atoms with E-state index >= 15 is 0 Å². The SMILES string of the molecule is CCCC1CCCCN1c1ncc(C(=O)c2cccc(S(C)(=O)=O)c2)s1. The molecule has 0 spiro atoms. The maximum atomic E-state index is 12.8. The number of anilines is 1. The van der Waals surface area contributed by atoms with Gasteiger partial charge in [0.15, 0.2) is 15.0 Å². The van der Waals surface area contributed by atoms with Crippen LogP contribution >= 0.6 is 11.3 Å². The second-order valence-corrected chi connectivity index (χ2v) is 9.79. The normalized spacial score (nSPS) is 18.1. The number of carbonyl (C=O) groups excluding carboxylic acids is 1. The highest BCUT2D eigenvalue weighted by molar-refractivity contribution is 7.90. The van der Waals surface area contributed by atoms with Gasteiger partial charge in [-0.2, -0.15) is 0 Å². The summed E-state index contributed by atoms with van der Waals surface area (Å²) in [4.78, 5) is 20.3. The van der Waals surface area contributed by atoms with Gasteiger partial charge >= 0.3 is 0 Å². The Kier molecular flexibility index (Phi) is 5.77. The Balaban J connectivity index is 1.84. The maximum Gasteiger partial charge on any atom is 0.204 e. The molecular weight excluding hydrogens is 368 g/mol. The van der Waals surface area contributed by atoms with E-state index in [1.54, 1.807) is 18.3 Å². The first-order valence-corrected chi connectivity index (χ1v) is 11.7. The van der Waals surface area contributed by atoms with Crippen molar-refractivity contribution >= 4 is 32.1 Å². The molecule has 26 heavy (non-hydrogen) atoms. The molecule has 1 aliphatic rings. The summed E-state index contributed by atoms with van der Waals surface area (Å²) >= 11 is 1.40. The monoisotopic (exact) mass is 392 g/mol. The quantitative estimate of drug-likeness (QED) is 0.697. The molecule has 2 aromatic rings. The van der Waals surface area contributed by atoms with Crippen LogP contribution in [0.15, 0.2) is 35.4 Å². The number of carbonyl (C=O) groups is 1. The molecule has 1 atom stereocenters. The molecule has 0 bridgehead atoms. The average molecular weight is 393 g/mol. The van der Waals surface area contributed by atoms with E-state index < -0.39 is 9.84 Å². The molecule has 1 aromatic heterocycles. The first-order chi connectivity index (χ1) is 12.4. The van der Waals surface area contributed by atoms with Gasteiger partial charge in [0.05, 0.1) is 16.0 Å². The van der Waals surface area contributed by atoms with Crippen LogP contribution in [0.4, 0.5) is 5.13 Å². The third-order valence-corrected chi connectivity index (χ3v) is 6.88. The second-order valence-electron chi connectivity index (χ2n) is 6.77. The minimum absolute atomic E-state index is 0.159. The fraction of sp³-hybridized carbons (Fsp3) is 0.474. The molecular formula is C19H24N2O3S2. The van der Waals surface area contributed by atoms with Gasteiger partial charge in [-0.15, -0.1) is 0 Å². The summed E-state index contributed by atoms with van der Waals surface area (Å²) in [6.07, 6.45) is 8.61. The number of aromatic nitrogens is 1. The largest absolute Gasteiger partial charge is 0.345 e. The van der Waals surface area contributed by atoms with Crippen molar-refractivity contribution in [2.75, 3.05) is 17.7 Å². The lowest BCUT2D eigenvalue weighted by molar-refractivity contribution is 0.104. The van der Waals surface area contributed by atoms with Crippen molar-refractivity contribution in [3.8, 4) is 0 Å². The lowest BCUT2D eigenvalue weighted by Gasteiger charge is -2.35. The Labute approximate surface area is 159 Å². The number of hydrogen-bond donors (Lipinski definition) is 0. The zero-order valence-electron chi connectivity index (χ0n) is 15.1. The molecule has 1 fully saturated rings. The lowest BCUT2D eigenvalue weighted by atomic mass is 9.99. The Morgan fingerprint density at radius 3 is 2.88 bits per heavy atom. The fourth-order valence-electron chi connectivity index (χ4n) is 3.40. The molecule has 0 aliphatic carbocycles. The summed E-state index contributed by atoms with van der Waals surface area (Å²) < 4.78 is 23.4. The summed E-state index contributed by atoms with van der Waals surface area (Å²) in [5.41, 5.74) is 0.381. The van der Waals surface area contributed by atoms with Crippen LogP contribution in [0, 0.1) is 0 Å². The van der Waals surface area contributed by atoms with Crippen LogP contribution in [-0.4, -0.2) is 38.0 Å². The van der Waals surface area contributed by atoms with Crippen molar-refractivity contribution in [2.24, 2.45) is 0 Å². The van der Waals surface area contributed by atoms with Gasteiger partial charge in [0.25, 0.3) is 0 Å². The van der Waals surface area contributed by atoms with Crippen molar-refractivity contribution in [2.45, 2.75) is 50.0 Å².